The topological polar surface area (TPSA) is 80.5 Å². The molecule has 1 rings (SSSR count). The van der Waals surface area contributed by atoms with Gasteiger partial charge in [0.1, 0.15) is 0 Å². The quantitative estimate of drug-likeness (QED) is 0.872. The molecule has 6 heteroatoms. The van der Waals surface area contributed by atoms with Crippen LogP contribution in [-0.2, 0) is 16.4 Å². The zero-order valence-corrected chi connectivity index (χ0v) is 13.9. The lowest BCUT2D eigenvalue weighted by atomic mass is 10.0. The van der Waals surface area contributed by atoms with Crippen molar-refractivity contribution in [2.45, 2.75) is 39.0 Å². The standard InChI is InChI=1S/C15H24N2O3S/c1-5-12-7-8-13(21(16,19)20)9-14(12)15(18)17(6-2)10-11(3)4/h7-9,11H,5-6,10H2,1-4H3,(H2,16,19,20). The first-order chi connectivity index (χ1) is 9.70. The molecule has 0 fully saturated rings. The molecule has 0 saturated carbocycles. The second kappa shape index (κ2) is 7.04. The Balaban J connectivity index is 3.28. The summed E-state index contributed by atoms with van der Waals surface area (Å²) in [6, 6.07) is 4.50. The summed E-state index contributed by atoms with van der Waals surface area (Å²) < 4.78 is 23.0. The van der Waals surface area contributed by atoms with E-state index in [0.29, 0.717) is 31.0 Å². The Hall–Kier alpha value is -1.40. The highest BCUT2D eigenvalue weighted by atomic mass is 32.2. The van der Waals surface area contributed by atoms with E-state index in [1.54, 1.807) is 11.0 Å². The third kappa shape index (κ3) is 4.54. The first-order valence-electron chi connectivity index (χ1n) is 7.15. The zero-order valence-electron chi connectivity index (χ0n) is 13.1. The molecule has 1 aromatic rings. The number of carbonyl (C=O) groups is 1. The summed E-state index contributed by atoms with van der Waals surface area (Å²) in [4.78, 5) is 14.4. The molecule has 0 aromatic heterocycles. The van der Waals surface area contributed by atoms with Gasteiger partial charge in [-0.2, -0.15) is 0 Å². The van der Waals surface area contributed by atoms with Crippen LogP contribution in [0.5, 0.6) is 0 Å². The van der Waals surface area contributed by atoms with Crippen LogP contribution < -0.4 is 5.14 Å². The van der Waals surface area contributed by atoms with Gasteiger partial charge in [-0.25, -0.2) is 13.6 Å². The number of benzene rings is 1. The molecule has 0 aliphatic heterocycles. The molecule has 0 heterocycles. The van der Waals surface area contributed by atoms with Crippen molar-refractivity contribution in [3.8, 4) is 0 Å². The lowest BCUT2D eigenvalue weighted by molar-refractivity contribution is 0.0744. The number of hydrogen-bond donors (Lipinski definition) is 1. The molecule has 0 aliphatic rings. The molecule has 0 atom stereocenters. The lowest BCUT2D eigenvalue weighted by Gasteiger charge is -2.24. The van der Waals surface area contributed by atoms with Gasteiger partial charge >= 0.3 is 0 Å². The summed E-state index contributed by atoms with van der Waals surface area (Å²) in [5.74, 6) is 0.203. The van der Waals surface area contributed by atoms with Crippen molar-refractivity contribution in [2.75, 3.05) is 13.1 Å². The van der Waals surface area contributed by atoms with E-state index in [1.165, 1.54) is 12.1 Å². The van der Waals surface area contributed by atoms with Crippen LogP contribution in [0.2, 0.25) is 0 Å². The number of primary sulfonamides is 1. The molecule has 1 amide bonds. The van der Waals surface area contributed by atoms with E-state index in [2.05, 4.69) is 0 Å². The molecule has 0 radical (unpaired) electrons. The summed E-state index contributed by atoms with van der Waals surface area (Å²) >= 11 is 0. The van der Waals surface area contributed by atoms with Gasteiger partial charge in [0.25, 0.3) is 5.91 Å². The number of nitrogens with zero attached hydrogens (tertiary/aromatic N) is 1. The van der Waals surface area contributed by atoms with Gasteiger partial charge in [-0.15, -0.1) is 0 Å². The van der Waals surface area contributed by atoms with E-state index in [1.807, 2.05) is 27.7 Å². The van der Waals surface area contributed by atoms with E-state index < -0.39 is 10.0 Å². The summed E-state index contributed by atoms with van der Waals surface area (Å²) in [6.45, 7) is 9.14. The van der Waals surface area contributed by atoms with E-state index >= 15 is 0 Å². The van der Waals surface area contributed by atoms with Gasteiger partial charge in [0, 0.05) is 18.7 Å². The predicted molar refractivity (Wildman–Crippen MR) is 83.6 cm³/mol. The second-order valence-electron chi connectivity index (χ2n) is 5.46. The van der Waals surface area contributed by atoms with Crippen molar-refractivity contribution in [2.24, 2.45) is 11.1 Å². The number of sulfonamides is 1. The Bertz CT molecular complexity index is 609. The van der Waals surface area contributed by atoms with Crippen molar-refractivity contribution in [3.05, 3.63) is 29.3 Å². The number of carbonyl (C=O) groups excluding carboxylic acids is 1. The van der Waals surface area contributed by atoms with Crippen molar-refractivity contribution in [1.82, 2.24) is 4.90 Å². The smallest absolute Gasteiger partial charge is 0.254 e. The average molecular weight is 312 g/mol. The third-order valence-corrected chi connectivity index (χ3v) is 4.19. The summed E-state index contributed by atoms with van der Waals surface area (Å²) in [7, 11) is -3.81. The van der Waals surface area contributed by atoms with Crippen LogP contribution in [0.1, 0.15) is 43.6 Å². The number of amides is 1. The van der Waals surface area contributed by atoms with Crippen LogP contribution in [-0.4, -0.2) is 32.3 Å². The molecule has 0 aliphatic carbocycles. The number of aryl methyl sites for hydroxylation is 1. The molecular formula is C15H24N2O3S. The molecule has 0 bridgehead atoms. The first kappa shape index (κ1) is 17.7. The molecule has 0 saturated heterocycles. The summed E-state index contributed by atoms with van der Waals surface area (Å²) in [5.41, 5.74) is 1.25. The largest absolute Gasteiger partial charge is 0.339 e. The fraction of sp³-hybridized carbons (Fsp3) is 0.533. The van der Waals surface area contributed by atoms with Gasteiger partial charge in [-0.05, 0) is 37.0 Å². The van der Waals surface area contributed by atoms with Crippen LogP contribution in [0.3, 0.4) is 0 Å². The van der Waals surface area contributed by atoms with Gasteiger partial charge in [0.15, 0.2) is 0 Å². The minimum Gasteiger partial charge on any atom is -0.339 e. The Morgan fingerprint density at radius 1 is 1.29 bits per heavy atom. The molecule has 21 heavy (non-hydrogen) atoms. The molecule has 0 spiro atoms. The number of nitrogens with two attached hydrogens (primary N) is 1. The third-order valence-electron chi connectivity index (χ3n) is 3.28. The molecule has 1 aromatic carbocycles. The van der Waals surface area contributed by atoms with E-state index in [9.17, 15) is 13.2 Å². The summed E-state index contributed by atoms with van der Waals surface area (Å²) in [6.07, 6.45) is 0.658. The maximum atomic E-state index is 12.7. The van der Waals surface area contributed by atoms with Gasteiger partial charge < -0.3 is 4.90 Å². The molecule has 5 nitrogen and oxygen atoms in total. The fourth-order valence-corrected chi connectivity index (χ4v) is 2.75. The minimum absolute atomic E-state index is 0.0244. The number of rotatable bonds is 6. The molecule has 0 unspecified atom stereocenters. The van der Waals surface area contributed by atoms with Crippen molar-refractivity contribution < 1.29 is 13.2 Å². The van der Waals surface area contributed by atoms with Crippen LogP contribution in [0.25, 0.3) is 0 Å². The predicted octanol–water partition coefficient (Wildman–Crippen LogP) is 2.01. The fourth-order valence-electron chi connectivity index (χ4n) is 2.21. The highest BCUT2D eigenvalue weighted by Crippen LogP contribution is 2.18. The van der Waals surface area contributed by atoms with Gasteiger partial charge in [-0.1, -0.05) is 26.8 Å². The second-order valence-corrected chi connectivity index (χ2v) is 7.02. The van der Waals surface area contributed by atoms with Crippen molar-refractivity contribution >= 4 is 15.9 Å². The highest BCUT2D eigenvalue weighted by molar-refractivity contribution is 7.89. The van der Waals surface area contributed by atoms with Crippen LogP contribution >= 0.6 is 0 Å². The van der Waals surface area contributed by atoms with E-state index in [4.69, 9.17) is 5.14 Å². The SMILES string of the molecule is CCc1ccc(S(N)(=O)=O)cc1C(=O)N(CC)CC(C)C. The van der Waals surface area contributed by atoms with Crippen LogP contribution in [0, 0.1) is 5.92 Å². The maximum Gasteiger partial charge on any atom is 0.254 e. The van der Waals surface area contributed by atoms with Gasteiger partial charge in [0.2, 0.25) is 10.0 Å². The highest BCUT2D eigenvalue weighted by Gasteiger charge is 2.20. The maximum absolute atomic E-state index is 12.7. The Morgan fingerprint density at radius 2 is 1.90 bits per heavy atom. The summed E-state index contributed by atoms with van der Waals surface area (Å²) in [5, 5.41) is 5.15. The zero-order chi connectivity index (χ0) is 16.2. The van der Waals surface area contributed by atoms with E-state index in [-0.39, 0.29) is 10.8 Å². The van der Waals surface area contributed by atoms with Gasteiger partial charge in [0.05, 0.1) is 4.90 Å². The Morgan fingerprint density at radius 3 is 2.33 bits per heavy atom. The monoisotopic (exact) mass is 312 g/mol. The average Bonchev–Trinajstić information content (AvgIpc) is 2.42. The Kier molecular flexibility index (Phi) is 5.92. The van der Waals surface area contributed by atoms with Crippen LogP contribution in [0.4, 0.5) is 0 Å². The molecular weight excluding hydrogens is 288 g/mol. The lowest BCUT2D eigenvalue weighted by Crippen LogP contribution is -2.34. The first-order valence-corrected chi connectivity index (χ1v) is 8.70. The van der Waals surface area contributed by atoms with Crippen LogP contribution in [0.15, 0.2) is 23.1 Å². The molecule has 2 N–H and O–H groups in total. The normalized spacial score (nSPS) is 11.7. The van der Waals surface area contributed by atoms with Crippen molar-refractivity contribution in [3.63, 3.8) is 0 Å². The number of hydrogen-bond acceptors (Lipinski definition) is 3. The van der Waals surface area contributed by atoms with Crippen molar-refractivity contribution in [1.29, 1.82) is 0 Å². The Labute approximate surface area is 127 Å². The van der Waals surface area contributed by atoms with E-state index in [0.717, 1.165) is 5.56 Å². The minimum atomic E-state index is -3.81. The van der Waals surface area contributed by atoms with Gasteiger partial charge in [-0.3, -0.25) is 4.79 Å². The molecule has 118 valence electrons.